The Morgan fingerprint density at radius 2 is 1.75 bits per heavy atom. The summed E-state index contributed by atoms with van der Waals surface area (Å²) in [5.74, 6) is 0.478. The highest BCUT2D eigenvalue weighted by Gasteiger charge is 2.17. The normalized spacial score (nSPS) is 13.5. The van der Waals surface area contributed by atoms with E-state index >= 15 is 0 Å². The number of hydrogen-bond donors (Lipinski definition) is 2. The maximum Gasteiger partial charge on any atom is 0.237 e. The maximum absolute atomic E-state index is 11.8. The number of carbonyl (C=O) groups is 1. The van der Waals surface area contributed by atoms with Gasteiger partial charge in [-0.05, 0) is 43.4 Å². The monoisotopic (exact) mass is 318 g/mol. The lowest BCUT2D eigenvalue weighted by molar-refractivity contribution is -0.122. The van der Waals surface area contributed by atoms with Crippen LogP contribution in [0.15, 0.2) is 24.3 Å². The Morgan fingerprint density at radius 3 is 2.20 bits per heavy atom. The van der Waals surface area contributed by atoms with Gasteiger partial charge in [0.25, 0.3) is 0 Å². The third-order valence-corrected chi connectivity index (χ3v) is 3.29. The lowest BCUT2D eigenvalue weighted by atomic mass is 9.97. The number of hydrogen-bond acceptors (Lipinski definition) is 2. The SMILES string of the molecule is CC(C)CCC(NC(=O)[C@H](C)N)c1ccc(Cl)cc1.Cl. The second kappa shape index (κ2) is 9.22. The van der Waals surface area contributed by atoms with E-state index in [0.717, 1.165) is 18.4 Å². The summed E-state index contributed by atoms with van der Waals surface area (Å²) < 4.78 is 0. The van der Waals surface area contributed by atoms with Crippen molar-refractivity contribution in [1.29, 1.82) is 0 Å². The van der Waals surface area contributed by atoms with E-state index < -0.39 is 6.04 Å². The van der Waals surface area contributed by atoms with Gasteiger partial charge < -0.3 is 11.1 Å². The first kappa shape index (κ1) is 19.2. The van der Waals surface area contributed by atoms with Gasteiger partial charge in [-0.15, -0.1) is 12.4 Å². The fourth-order valence-electron chi connectivity index (χ4n) is 1.82. The number of benzene rings is 1. The second-order valence-electron chi connectivity index (χ2n) is 5.37. The summed E-state index contributed by atoms with van der Waals surface area (Å²) in [5.41, 5.74) is 6.68. The van der Waals surface area contributed by atoms with Crippen LogP contribution in [0.25, 0.3) is 0 Å². The third kappa shape index (κ3) is 6.60. The third-order valence-electron chi connectivity index (χ3n) is 3.04. The molecule has 1 amide bonds. The van der Waals surface area contributed by atoms with E-state index in [4.69, 9.17) is 17.3 Å². The molecule has 3 nitrogen and oxygen atoms in total. The van der Waals surface area contributed by atoms with Crippen LogP contribution in [0, 0.1) is 5.92 Å². The Labute approximate surface area is 132 Å². The lowest BCUT2D eigenvalue weighted by Gasteiger charge is -2.21. The molecule has 3 N–H and O–H groups in total. The summed E-state index contributed by atoms with van der Waals surface area (Å²) in [6, 6.07) is 7.10. The zero-order valence-electron chi connectivity index (χ0n) is 12.2. The number of halogens is 2. The minimum Gasteiger partial charge on any atom is -0.348 e. The Bertz CT molecular complexity index is 405. The van der Waals surface area contributed by atoms with Crippen LogP contribution in [0.2, 0.25) is 5.02 Å². The van der Waals surface area contributed by atoms with Crippen molar-refractivity contribution in [2.24, 2.45) is 11.7 Å². The van der Waals surface area contributed by atoms with Crippen molar-refractivity contribution in [2.45, 2.75) is 45.7 Å². The lowest BCUT2D eigenvalue weighted by Crippen LogP contribution is -2.40. The van der Waals surface area contributed by atoms with Gasteiger partial charge >= 0.3 is 0 Å². The smallest absolute Gasteiger partial charge is 0.237 e. The first-order chi connectivity index (χ1) is 8.90. The van der Waals surface area contributed by atoms with Gasteiger partial charge in [0.1, 0.15) is 0 Å². The van der Waals surface area contributed by atoms with Crippen LogP contribution in [-0.4, -0.2) is 11.9 Å². The Kier molecular flexibility index (Phi) is 8.86. The van der Waals surface area contributed by atoms with Gasteiger partial charge in [0.05, 0.1) is 12.1 Å². The van der Waals surface area contributed by atoms with Gasteiger partial charge in [-0.1, -0.05) is 37.6 Å². The molecule has 114 valence electrons. The van der Waals surface area contributed by atoms with Crippen LogP contribution in [0.1, 0.15) is 45.2 Å². The highest BCUT2D eigenvalue weighted by Crippen LogP contribution is 2.22. The number of nitrogens with two attached hydrogens (primary N) is 1. The van der Waals surface area contributed by atoms with Gasteiger partial charge in [-0.3, -0.25) is 4.79 Å². The fraction of sp³-hybridized carbons (Fsp3) is 0.533. The number of carbonyl (C=O) groups excluding carboxylic acids is 1. The summed E-state index contributed by atoms with van der Waals surface area (Å²) in [5, 5.41) is 3.70. The van der Waals surface area contributed by atoms with E-state index in [1.54, 1.807) is 6.92 Å². The highest BCUT2D eigenvalue weighted by atomic mass is 35.5. The molecule has 1 aromatic rings. The van der Waals surface area contributed by atoms with Crippen molar-refractivity contribution >= 4 is 29.9 Å². The largest absolute Gasteiger partial charge is 0.348 e. The van der Waals surface area contributed by atoms with Gasteiger partial charge in [0.2, 0.25) is 5.91 Å². The van der Waals surface area contributed by atoms with E-state index in [-0.39, 0.29) is 24.4 Å². The summed E-state index contributed by atoms with van der Waals surface area (Å²) in [6.45, 7) is 6.04. The van der Waals surface area contributed by atoms with E-state index in [2.05, 4.69) is 19.2 Å². The van der Waals surface area contributed by atoms with Crippen LogP contribution in [0.4, 0.5) is 0 Å². The molecule has 0 aliphatic carbocycles. The molecule has 0 saturated carbocycles. The zero-order valence-corrected chi connectivity index (χ0v) is 13.8. The summed E-state index contributed by atoms with van der Waals surface area (Å²) in [6.07, 6.45) is 1.95. The first-order valence-electron chi connectivity index (χ1n) is 6.71. The van der Waals surface area contributed by atoms with Crippen LogP contribution in [0.5, 0.6) is 0 Å². The molecule has 1 aromatic carbocycles. The van der Waals surface area contributed by atoms with Crippen molar-refractivity contribution < 1.29 is 4.79 Å². The molecule has 0 spiro atoms. The molecule has 1 rings (SSSR count). The average molecular weight is 319 g/mol. The van der Waals surface area contributed by atoms with Crippen LogP contribution >= 0.6 is 24.0 Å². The minimum absolute atomic E-state index is 0. The maximum atomic E-state index is 11.8. The summed E-state index contributed by atoms with van der Waals surface area (Å²) in [4.78, 5) is 11.8. The molecule has 0 aromatic heterocycles. The topological polar surface area (TPSA) is 55.1 Å². The van der Waals surface area contributed by atoms with Gasteiger partial charge in [-0.2, -0.15) is 0 Å². The standard InChI is InChI=1S/C15H23ClN2O.ClH/c1-10(2)4-9-14(18-15(19)11(3)17)12-5-7-13(16)8-6-12;/h5-8,10-11,14H,4,9,17H2,1-3H3,(H,18,19);1H/t11-,14?;/m0./s1. The molecule has 5 heteroatoms. The van der Waals surface area contributed by atoms with E-state index in [1.165, 1.54) is 0 Å². The fourth-order valence-corrected chi connectivity index (χ4v) is 1.95. The molecular formula is C15H24Cl2N2O. The molecule has 0 heterocycles. The molecule has 0 aliphatic heterocycles. The van der Waals surface area contributed by atoms with Crippen molar-refractivity contribution in [3.05, 3.63) is 34.9 Å². The van der Waals surface area contributed by atoms with Crippen LogP contribution in [-0.2, 0) is 4.79 Å². The highest BCUT2D eigenvalue weighted by molar-refractivity contribution is 6.30. The minimum atomic E-state index is -0.492. The van der Waals surface area contributed by atoms with Crippen molar-refractivity contribution in [1.82, 2.24) is 5.32 Å². The van der Waals surface area contributed by atoms with Crippen molar-refractivity contribution in [3.63, 3.8) is 0 Å². The Balaban J connectivity index is 0.00000361. The molecule has 0 bridgehead atoms. The Hall–Kier alpha value is -0.770. The molecule has 0 radical (unpaired) electrons. The first-order valence-corrected chi connectivity index (χ1v) is 7.09. The number of nitrogens with one attached hydrogen (secondary N) is 1. The second-order valence-corrected chi connectivity index (χ2v) is 5.81. The summed E-state index contributed by atoms with van der Waals surface area (Å²) >= 11 is 5.89. The molecule has 0 aliphatic rings. The van der Waals surface area contributed by atoms with Gasteiger partial charge in [0, 0.05) is 5.02 Å². The average Bonchev–Trinajstić information content (AvgIpc) is 2.35. The predicted molar refractivity (Wildman–Crippen MR) is 87.3 cm³/mol. The quantitative estimate of drug-likeness (QED) is 0.840. The van der Waals surface area contributed by atoms with Crippen LogP contribution in [0.3, 0.4) is 0 Å². The number of amides is 1. The summed E-state index contributed by atoms with van der Waals surface area (Å²) in [7, 11) is 0. The number of rotatable bonds is 6. The van der Waals surface area contributed by atoms with Crippen molar-refractivity contribution in [2.75, 3.05) is 0 Å². The predicted octanol–water partition coefficient (Wildman–Crippen LogP) is 3.70. The zero-order chi connectivity index (χ0) is 14.4. The van der Waals surface area contributed by atoms with Crippen LogP contribution < -0.4 is 11.1 Å². The molecular weight excluding hydrogens is 295 g/mol. The van der Waals surface area contributed by atoms with E-state index in [9.17, 15) is 4.79 Å². The van der Waals surface area contributed by atoms with E-state index in [1.807, 2.05) is 24.3 Å². The van der Waals surface area contributed by atoms with E-state index in [0.29, 0.717) is 10.9 Å². The molecule has 2 atom stereocenters. The van der Waals surface area contributed by atoms with Crippen molar-refractivity contribution in [3.8, 4) is 0 Å². The molecule has 0 saturated heterocycles. The molecule has 0 fully saturated rings. The Morgan fingerprint density at radius 1 is 1.20 bits per heavy atom. The van der Waals surface area contributed by atoms with Gasteiger partial charge in [0.15, 0.2) is 0 Å². The van der Waals surface area contributed by atoms with Gasteiger partial charge in [-0.25, -0.2) is 0 Å². The molecule has 1 unspecified atom stereocenters. The molecule has 20 heavy (non-hydrogen) atoms.